The number of fused-ring (bicyclic) bond motifs is 2. The minimum atomic E-state index is 0.686. The highest BCUT2D eigenvalue weighted by Gasteiger charge is 2.52. The van der Waals surface area contributed by atoms with Gasteiger partial charge in [0.15, 0.2) is 0 Å². The summed E-state index contributed by atoms with van der Waals surface area (Å²) in [5.74, 6) is 2.09. The van der Waals surface area contributed by atoms with E-state index in [2.05, 4.69) is 36.4 Å². The first kappa shape index (κ1) is 7.38. The first-order valence-electron chi connectivity index (χ1n) is 4.26. The lowest BCUT2D eigenvalue weighted by molar-refractivity contribution is 0.262. The van der Waals surface area contributed by atoms with Gasteiger partial charge < -0.3 is 0 Å². The van der Waals surface area contributed by atoms with Crippen LogP contribution in [0.15, 0.2) is 0 Å². The first-order chi connectivity index (χ1) is 4.62. The van der Waals surface area contributed by atoms with Gasteiger partial charge in [-0.15, -0.1) is 0 Å². The van der Waals surface area contributed by atoms with Crippen molar-refractivity contribution in [1.29, 1.82) is 0 Å². The second kappa shape index (κ2) is 2.11. The van der Waals surface area contributed by atoms with Crippen molar-refractivity contribution >= 4 is 22.6 Å². The zero-order valence-electron chi connectivity index (χ0n) is 6.73. The van der Waals surface area contributed by atoms with Crippen molar-refractivity contribution in [3.8, 4) is 0 Å². The lowest BCUT2D eigenvalue weighted by atomic mass is 9.82. The van der Waals surface area contributed by atoms with Gasteiger partial charge >= 0.3 is 0 Å². The van der Waals surface area contributed by atoms with E-state index < -0.39 is 0 Å². The highest BCUT2D eigenvalue weighted by molar-refractivity contribution is 14.1. The van der Waals surface area contributed by atoms with Gasteiger partial charge in [0.25, 0.3) is 0 Å². The lowest BCUT2D eigenvalue weighted by Crippen LogP contribution is -2.19. The van der Waals surface area contributed by atoms with Crippen LogP contribution in [0.3, 0.4) is 0 Å². The summed E-state index contributed by atoms with van der Waals surface area (Å²) in [7, 11) is 0. The summed E-state index contributed by atoms with van der Waals surface area (Å²) in [6.07, 6.45) is 4.51. The Morgan fingerprint density at radius 1 is 1.30 bits per heavy atom. The van der Waals surface area contributed by atoms with Crippen LogP contribution in [0.4, 0.5) is 0 Å². The quantitative estimate of drug-likeness (QED) is 0.457. The molecule has 3 atom stereocenters. The molecule has 2 rings (SSSR count). The van der Waals surface area contributed by atoms with Gasteiger partial charge in [-0.1, -0.05) is 36.4 Å². The molecule has 0 radical (unpaired) electrons. The monoisotopic (exact) mass is 250 g/mol. The maximum Gasteiger partial charge on any atom is 0.0146 e. The van der Waals surface area contributed by atoms with Crippen LogP contribution in [0.2, 0.25) is 0 Å². The third kappa shape index (κ3) is 0.788. The van der Waals surface area contributed by atoms with Gasteiger partial charge in [-0.2, -0.15) is 0 Å². The number of hydrogen-bond acceptors (Lipinski definition) is 0. The van der Waals surface area contributed by atoms with E-state index in [0.717, 1.165) is 15.8 Å². The molecule has 0 nitrogen and oxygen atoms in total. The van der Waals surface area contributed by atoms with E-state index in [4.69, 9.17) is 0 Å². The summed E-state index contributed by atoms with van der Waals surface area (Å²) in [5.41, 5.74) is 0.686. The Morgan fingerprint density at radius 2 is 2.00 bits per heavy atom. The van der Waals surface area contributed by atoms with Crippen LogP contribution in [0.25, 0.3) is 0 Å². The molecular formula is C9H15I. The van der Waals surface area contributed by atoms with Crippen molar-refractivity contribution in [2.75, 3.05) is 0 Å². The Bertz CT molecular complexity index is 151. The van der Waals surface area contributed by atoms with Crippen molar-refractivity contribution in [1.82, 2.24) is 0 Å². The van der Waals surface area contributed by atoms with Crippen LogP contribution in [-0.2, 0) is 0 Å². The molecule has 10 heavy (non-hydrogen) atoms. The zero-order valence-corrected chi connectivity index (χ0v) is 8.89. The Morgan fingerprint density at radius 3 is 2.20 bits per heavy atom. The van der Waals surface area contributed by atoms with Crippen LogP contribution in [0, 0.1) is 17.3 Å². The fraction of sp³-hybridized carbons (Fsp3) is 1.00. The van der Waals surface area contributed by atoms with E-state index in [1.165, 1.54) is 19.3 Å². The van der Waals surface area contributed by atoms with Crippen molar-refractivity contribution in [3.63, 3.8) is 0 Å². The van der Waals surface area contributed by atoms with Crippen LogP contribution in [0.5, 0.6) is 0 Å². The van der Waals surface area contributed by atoms with Gasteiger partial charge in [0, 0.05) is 3.92 Å². The fourth-order valence-corrected chi connectivity index (χ4v) is 4.83. The molecule has 2 fully saturated rings. The van der Waals surface area contributed by atoms with Gasteiger partial charge in [-0.05, 0) is 36.5 Å². The molecule has 58 valence electrons. The molecule has 0 heterocycles. The van der Waals surface area contributed by atoms with Crippen molar-refractivity contribution < 1.29 is 0 Å². The minimum absolute atomic E-state index is 0.686. The number of rotatable bonds is 0. The van der Waals surface area contributed by atoms with Crippen LogP contribution in [0.1, 0.15) is 33.1 Å². The molecular weight excluding hydrogens is 235 g/mol. The van der Waals surface area contributed by atoms with Gasteiger partial charge in [0.05, 0.1) is 0 Å². The van der Waals surface area contributed by atoms with E-state index in [1.807, 2.05) is 0 Å². The standard InChI is InChI=1S/C9H15I/c1-9(2)6-3-4-7(9)8(10)5-6/h6-8H,3-5H2,1-2H3/t6-,7+,8-/m1/s1. The van der Waals surface area contributed by atoms with Gasteiger partial charge in [0.1, 0.15) is 0 Å². The molecule has 0 aromatic heterocycles. The van der Waals surface area contributed by atoms with E-state index in [9.17, 15) is 0 Å². The fourth-order valence-electron chi connectivity index (χ4n) is 2.93. The first-order valence-corrected chi connectivity index (χ1v) is 5.51. The summed E-state index contributed by atoms with van der Waals surface area (Å²) in [6.45, 7) is 4.93. The lowest BCUT2D eigenvalue weighted by Gasteiger charge is -2.24. The van der Waals surface area contributed by atoms with Crippen molar-refractivity contribution in [2.24, 2.45) is 17.3 Å². The molecule has 0 saturated heterocycles. The molecule has 0 aromatic carbocycles. The average molecular weight is 250 g/mol. The maximum absolute atomic E-state index is 2.65. The van der Waals surface area contributed by atoms with Crippen molar-refractivity contribution in [3.05, 3.63) is 0 Å². The second-order valence-electron chi connectivity index (χ2n) is 4.45. The number of halogens is 1. The van der Waals surface area contributed by atoms with Crippen molar-refractivity contribution in [2.45, 2.75) is 37.0 Å². The molecule has 1 heteroatoms. The third-order valence-corrected chi connectivity index (χ3v) is 5.16. The van der Waals surface area contributed by atoms with E-state index in [-0.39, 0.29) is 0 Å². The molecule has 2 aliphatic carbocycles. The maximum atomic E-state index is 2.65. The Hall–Kier alpha value is 0.730. The summed E-state index contributed by atoms with van der Waals surface area (Å²) < 4.78 is 0.992. The minimum Gasteiger partial charge on any atom is -0.0823 e. The summed E-state index contributed by atoms with van der Waals surface area (Å²) in [6, 6.07) is 0. The molecule has 0 aliphatic heterocycles. The Labute approximate surface area is 76.9 Å². The van der Waals surface area contributed by atoms with Gasteiger partial charge in [0.2, 0.25) is 0 Å². The highest BCUT2D eigenvalue weighted by atomic mass is 127. The molecule has 2 bridgehead atoms. The average Bonchev–Trinajstić information content (AvgIpc) is 2.20. The Balaban J connectivity index is 2.27. The molecule has 0 amide bonds. The predicted octanol–water partition coefficient (Wildman–Crippen LogP) is 3.25. The SMILES string of the molecule is CC1(C)[C@@H]2CC[C@H]1[C@H](I)C2. The summed E-state index contributed by atoms with van der Waals surface area (Å²) in [4.78, 5) is 0. The van der Waals surface area contributed by atoms with Gasteiger partial charge in [-0.25, -0.2) is 0 Å². The molecule has 0 aromatic rings. The topological polar surface area (TPSA) is 0 Å². The van der Waals surface area contributed by atoms with E-state index >= 15 is 0 Å². The Kier molecular flexibility index (Phi) is 1.56. The predicted molar refractivity (Wildman–Crippen MR) is 52.4 cm³/mol. The molecule has 0 spiro atoms. The third-order valence-electron chi connectivity index (χ3n) is 3.78. The van der Waals surface area contributed by atoms with Crippen LogP contribution >= 0.6 is 22.6 Å². The summed E-state index contributed by atoms with van der Waals surface area (Å²) in [5, 5.41) is 0. The number of alkyl halides is 1. The molecule has 0 unspecified atom stereocenters. The highest BCUT2D eigenvalue weighted by Crippen LogP contribution is 2.59. The molecule has 2 aliphatic rings. The van der Waals surface area contributed by atoms with Crippen LogP contribution in [-0.4, -0.2) is 3.92 Å². The second-order valence-corrected chi connectivity index (χ2v) is 6.05. The summed E-state index contributed by atoms with van der Waals surface area (Å²) >= 11 is 2.65. The van der Waals surface area contributed by atoms with E-state index in [0.29, 0.717) is 5.41 Å². The molecule has 2 saturated carbocycles. The molecule has 0 N–H and O–H groups in total. The normalized spacial score (nSPS) is 50.1. The smallest absolute Gasteiger partial charge is 0.0146 e. The largest absolute Gasteiger partial charge is 0.0823 e. The van der Waals surface area contributed by atoms with Crippen LogP contribution < -0.4 is 0 Å². The zero-order chi connectivity index (χ0) is 7.35. The number of hydrogen-bond donors (Lipinski definition) is 0. The van der Waals surface area contributed by atoms with Gasteiger partial charge in [-0.3, -0.25) is 0 Å². The van der Waals surface area contributed by atoms with E-state index in [1.54, 1.807) is 0 Å².